The van der Waals surface area contributed by atoms with Gasteiger partial charge in [0.1, 0.15) is 0 Å². The van der Waals surface area contributed by atoms with Crippen molar-refractivity contribution in [3.63, 3.8) is 0 Å². The van der Waals surface area contributed by atoms with Gasteiger partial charge in [0.25, 0.3) is 0 Å². The molecule has 174 valence electrons. The first-order valence-electron chi connectivity index (χ1n) is 12.3. The van der Waals surface area contributed by atoms with E-state index in [1.165, 1.54) is 16.7 Å². The Morgan fingerprint density at radius 1 is 1.31 bits per heavy atom. The normalized spacial score (nSPS) is 27.7. The average Bonchev–Trinajstić information content (AvgIpc) is 3.31. The predicted octanol–water partition coefficient (Wildman–Crippen LogP) is 3.27. The molecule has 1 heterocycles. The van der Waals surface area contributed by atoms with Crippen LogP contribution in [0.3, 0.4) is 0 Å². The van der Waals surface area contributed by atoms with E-state index in [0.29, 0.717) is 38.0 Å². The third-order valence-electron chi connectivity index (χ3n) is 7.22. The number of aliphatic hydroxyl groups excluding tert-OH is 1. The van der Waals surface area contributed by atoms with Gasteiger partial charge >= 0.3 is 0 Å². The van der Waals surface area contributed by atoms with Crippen LogP contribution in [-0.2, 0) is 16.0 Å². The van der Waals surface area contributed by atoms with E-state index in [-0.39, 0.29) is 17.9 Å². The quantitative estimate of drug-likeness (QED) is 0.459. The fraction of sp³-hybridized carbons (Fsp3) is 0.593. The third-order valence-corrected chi connectivity index (χ3v) is 7.22. The lowest BCUT2D eigenvalue weighted by atomic mass is 9.89. The van der Waals surface area contributed by atoms with Crippen molar-refractivity contribution in [2.75, 3.05) is 39.4 Å². The number of carbonyl (C=O) groups excluding carboxylic acids is 1. The second-order valence-corrected chi connectivity index (χ2v) is 9.61. The van der Waals surface area contributed by atoms with E-state index in [4.69, 9.17) is 4.74 Å². The van der Waals surface area contributed by atoms with Crippen LogP contribution < -0.4 is 5.32 Å². The molecule has 4 rings (SSSR count). The van der Waals surface area contributed by atoms with Crippen molar-refractivity contribution in [1.82, 2.24) is 10.2 Å². The summed E-state index contributed by atoms with van der Waals surface area (Å²) in [7, 11) is 0. The topological polar surface area (TPSA) is 61.8 Å². The van der Waals surface area contributed by atoms with Gasteiger partial charge in [-0.05, 0) is 50.0 Å². The van der Waals surface area contributed by atoms with E-state index in [9.17, 15) is 9.90 Å². The Bertz CT molecular complexity index is 828. The lowest BCUT2D eigenvalue weighted by Crippen LogP contribution is -2.41. The van der Waals surface area contributed by atoms with Gasteiger partial charge in [-0.1, -0.05) is 53.6 Å². The largest absolute Gasteiger partial charge is 0.392 e. The maximum atomic E-state index is 12.2. The van der Waals surface area contributed by atoms with E-state index in [0.717, 1.165) is 45.3 Å². The number of aryl methyl sites for hydroxylation is 2. The molecule has 1 aromatic rings. The first-order valence-corrected chi connectivity index (χ1v) is 12.3. The molecule has 0 unspecified atom stereocenters. The van der Waals surface area contributed by atoms with Crippen LogP contribution in [0.5, 0.6) is 0 Å². The summed E-state index contributed by atoms with van der Waals surface area (Å²) in [4.78, 5) is 14.2. The van der Waals surface area contributed by atoms with Crippen molar-refractivity contribution in [2.24, 2.45) is 17.8 Å². The third kappa shape index (κ3) is 6.09. The highest BCUT2D eigenvalue weighted by Crippen LogP contribution is 2.47. The molecule has 1 amide bonds. The Hall–Kier alpha value is -1.95. The first-order chi connectivity index (χ1) is 15.6. The molecule has 5 heteroatoms. The zero-order valence-electron chi connectivity index (χ0n) is 19.3. The van der Waals surface area contributed by atoms with Gasteiger partial charge in [-0.2, -0.15) is 0 Å². The summed E-state index contributed by atoms with van der Waals surface area (Å²) in [6, 6.07) is 8.70. The molecule has 1 aliphatic heterocycles. The second-order valence-electron chi connectivity index (χ2n) is 9.61. The molecule has 1 saturated carbocycles. The lowest BCUT2D eigenvalue weighted by molar-refractivity contribution is -0.135. The average molecular weight is 439 g/mol. The summed E-state index contributed by atoms with van der Waals surface area (Å²) in [5.74, 6) is 1.49. The molecule has 2 aliphatic carbocycles. The van der Waals surface area contributed by atoms with Crippen LogP contribution in [0.2, 0.25) is 0 Å². The number of nitrogens with zero attached hydrogens (tertiary/aromatic N) is 1. The van der Waals surface area contributed by atoms with Gasteiger partial charge < -0.3 is 20.1 Å². The van der Waals surface area contributed by atoms with Gasteiger partial charge in [0.2, 0.25) is 5.91 Å². The molecule has 2 fully saturated rings. The summed E-state index contributed by atoms with van der Waals surface area (Å²) in [6.45, 7) is 6.45. The van der Waals surface area contributed by atoms with Gasteiger partial charge in [-0.15, -0.1) is 0 Å². The van der Waals surface area contributed by atoms with Crippen molar-refractivity contribution in [3.8, 4) is 0 Å². The number of aliphatic hydroxyl groups is 1. The molecular weight excluding hydrogens is 400 g/mol. The Morgan fingerprint density at radius 2 is 2.16 bits per heavy atom. The van der Waals surface area contributed by atoms with Crippen LogP contribution in [0.1, 0.15) is 36.8 Å². The van der Waals surface area contributed by atoms with Crippen molar-refractivity contribution in [2.45, 2.75) is 45.1 Å². The molecule has 5 nitrogen and oxygen atoms in total. The van der Waals surface area contributed by atoms with Gasteiger partial charge in [-0.25, -0.2) is 0 Å². The smallest absolute Gasteiger partial charge is 0.224 e. The predicted molar refractivity (Wildman–Crippen MR) is 127 cm³/mol. The molecule has 0 spiro atoms. The van der Waals surface area contributed by atoms with Gasteiger partial charge in [0, 0.05) is 38.5 Å². The van der Waals surface area contributed by atoms with Crippen LogP contribution in [0.25, 0.3) is 0 Å². The molecule has 32 heavy (non-hydrogen) atoms. The Labute approximate surface area is 192 Å². The second kappa shape index (κ2) is 11.3. The lowest BCUT2D eigenvalue weighted by Gasteiger charge is -2.26. The van der Waals surface area contributed by atoms with Crippen LogP contribution >= 0.6 is 0 Å². The van der Waals surface area contributed by atoms with Crippen molar-refractivity contribution in [3.05, 3.63) is 59.2 Å². The van der Waals surface area contributed by atoms with Crippen LogP contribution in [-0.4, -0.2) is 61.4 Å². The molecule has 0 radical (unpaired) electrons. The highest BCUT2D eigenvalue weighted by Gasteiger charge is 2.43. The Kier molecular flexibility index (Phi) is 8.17. The van der Waals surface area contributed by atoms with Crippen molar-refractivity contribution in [1.29, 1.82) is 0 Å². The molecule has 1 saturated heterocycles. The van der Waals surface area contributed by atoms with Crippen molar-refractivity contribution >= 4 is 5.91 Å². The summed E-state index contributed by atoms with van der Waals surface area (Å²) in [5.41, 5.74) is 4.12. The summed E-state index contributed by atoms with van der Waals surface area (Å²) < 4.78 is 5.31. The van der Waals surface area contributed by atoms with Crippen LogP contribution in [0.4, 0.5) is 0 Å². The summed E-state index contributed by atoms with van der Waals surface area (Å²) in [6.07, 6.45) is 11.2. The molecule has 4 atom stereocenters. The number of carbonyl (C=O) groups is 1. The maximum Gasteiger partial charge on any atom is 0.224 e. The Morgan fingerprint density at radius 3 is 2.97 bits per heavy atom. The Balaban J connectivity index is 1.17. The number of benzene rings is 1. The van der Waals surface area contributed by atoms with Gasteiger partial charge in [0.15, 0.2) is 0 Å². The zero-order chi connectivity index (χ0) is 22.3. The highest BCUT2D eigenvalue weighted by molar-refractivity contribution is 5.76. The number of hydrogen-bond acceptors (Lipinski definition) is 4. The van der Waals surface area contributed by atoms with Crippen molar-refractivity contribution < 1.29 is 14.6 Å². The van der Waals surface area contributed by atoms with Crippen LogP contribution in [0.15, 0.2) is 48.1 Å². The summed E-state index contributed by atoms with van der Waals surface area (Å²) in [5, 5.41) is 14.0. The monoisotopic (exact) mass is 438 g/mol. The van der Waals surface area contributed by atoms with Gasteiger partial charge in [-0.3, -0.25) is 4.79 Å². The van der Waals surface area contributed by atoms with E-state index in [2.05, 4.69) is 54.7 Å². The molecule has 0 bridgehead atoms. The SMILES string of the molecule is Cc1cccc(CC/C=C/[C@@H]2[C@H]3CC(CNCCC(=O)N4CCOCC4)=C[C@H]3C[C@H]2O)c1. The van der Waals surface area contributed by atoms with Crippen LogP contribution in [0, 0.1) is 24.7 Å². The number of morpholine rings is 1. The molecular formula is C27H38N2O3. The standard InChI is InChI=1S/C27H38N2O3/c1-20-5-4-7-21(15-20)6-2-3-8-24-25-17-22(16-23(25)18-26(24)30)19-28-10-9-27(31)29-11-13-32-14-12-29/h3-5,7-8,15-16,23-26,28,30H,2,6,9-14,17-19H2,1H3/b8-3+/t23-,24+,25-,26+/m0/s1. The highest BCUT2D eigenvalue weighted by atomic mass is 16.5. The number of rotatable bonds is 9. The van der Waals surface area contributed by atoms with E-state index >= 15 is 0 Å². The fourth-order valence-corrected chi connectivity index (χ4v) is 5.52. The van der Waals surface area contributed by atoms with E-state index in [1.807, 2.05) is 4.90 Å². The number of nitrogens with one attached hydrogen (secondary N) is 1. The minimum absolute atomic E-state index is 0.219. The molecule has 3 aliphatic rings. The van der Waals surface area contributed by atoms with E-state index in [1.54, 1.807) is 0 Å². The number of hydrogen-bond donors (Lipinski definition) is 2. The minimum Gasteiger partial charge on any atom is -0.392 e. The number of ether oxygens (including phenoxy) is 1. The molecule has 1 aromatic carbocycles. The van der Waals surface area contributed by atoms with Gasteiger partial charge in [0.05, 0.1) is 19.3 Å². The number of amides is 1. The molecule has 0 aromatic heterocycles. The fourth-order valence-electron chi connectivity index (χ4n) is 5.52. The summed E-state index contributed by atoms with van der Waals surface area (Å²) >= 11 is 0. The zero-order valence-corrected chi connectivity index (χ0v) is 19.3. The first kappa shape index (κ1) is 23.2. The maximum absolute atomic E-state index is 12.2. The van der Waals surface area contributed by atoms with E-state index < -0.39 is 0 Å². The number of allylic oxidation sites excluding steroid dienone is 2. The molecule has 2 N–H and O–H groups in total. The minimum atomic E-state index is -0.225. The number of fused-ring (bicyclic) bond motifs is 1.